The molecule has 0 bridgehead atoms. The predicted molar refractivity (Wildman–Crippen MR) is 70.3 cm³/mol. The summed E-state index contributed by atoms with van der Waals surface area (Å²) in [6, 6.07) is 4.11. The number of benzene rings is 1. The van der Waals surface area contributed by atoms with Gasteiger partial charge in [0.05, 0.1) is 0 Å². The zero-order valence-corrected chi connectivity index (χ0v) is 11.2. The number of rotatable bonds is 1. The van der Waals surface area contributed by atoms with Crippen molar-refractivity contribution in [1.82, 2.24) is 5.32 Å². The highest BCUT2D eigenvalue weighted by molar-refractivity contribution is 6.35. The fourth-order valence-electron chi connectivity index (χ4n) is 3.11. The van der Waals surface area contributed by atoms with Gasteiger partial charge in [0.15, 0.2) is 0 Å². The molecule has 0 radical (unpaired) electrons. The highest BCUT2D eigenvalue weighted by atomic mass is 35.5. The maximum Gasteiger partial charge on any atom is 0.126 e. The molecule has 1 aliphatic carbocycles. The van der Waals surface area contributed by atoms with Crippen molar-refractivity contribution in [1.29, 1.82) is 0 Å². The van der Waals surface area contributed by atoms with Crippen LogP contribution in [0, 0.1) is 0 Å². The predicted octanol–water partition coefficient (Wildman–Crippen LogP) is 3.61. The number of hydrogen-bond acceptors (Lipinski definition) is 2. The molecule has 1 N–H and O–H groups in total. The molecule has 3 atom stereocenters. The van der Waals surface area contributed by atoms with Crippen LogP contribution in [0.25, 0.3) is 0 Å². The van der Waals surface area contributed by atoms with Gasteiger partial charge < -0.3 is 10.1 Å². The Morgan fingerprint density at radius 2 is 2.12 bits per heavy atom. The van der Waals surface area contributed by atoms with Gasteiger partial charge in [0.1, 0.15) is 11.9 Å². The topological polar surface area (TPSA) is 21.3 Å². The molecule has 0 spiro atoms. The van der Waals surface area contributed by atoms with Crippen LogP contribution in [0.3, 0.4) is 0 Å². The van der Waals surface area contributed by atoms with Gasteiger partial charge in [-0.3, -0.25) is 0 Å². The van der Waals surface area contributed by atoms with Crippen LogP contribution < -0.4 is 10.1 Å². The summed E-state index contributed by atoms with van der Waals surface area (Å²) in [5.41, 5.74) is 1.15. The van der Waals surface area contributed by atoms with Crippen molar-refractivity contribution >= 4 is 23.2 Å². The summed E-state index contributed by atoms with van der Waals surface area (Å²) in [5.74, 6) is 1.29. The number of nitrogens with one attached hydrogen (secondary N) is 1. The Kier molecular flexibility index (Phi) is 2.97. The first-order chi connectivity index (χ1) is 8.20. The smallest absolute Gasteiger partial charge is 0.126 e. The second kappa shape index (κ2) is 4.34. The normalized spacial score (nSPS) is 30.6. The maximum absolute atomic E-state index is 6.30. The average molecular weight is 272 g/mol. The number of ether oxygens (including phenoxy) is 1. The third-order valence-corrected chi connectivity index (χ3v) is 4.42. The largest absolute Gasteiger partial charge is 0.488 e. The lowest BCUT2D eigenvalue weighted by atomic mass is 9.80. The monoisotopic (exact) mass is 271 g/mol. The molecule has 1 saturated carbocycles. The first-order valence-corrected chi connectivity index (χ1v) is 6.79. The fourth-order valence-corrected chi connectivity index (χ4v) is 3.73. The maximum atomic E-state index is 6.30. The molecular weight excluding hydrogens is 257 g/mol. The standard InChI is InChI=1S/C13H15Cl2NO/c1-16-10-4-2-3-8-12-9(15)5-7(14)6-11(12)17-13(8)10/h5-6,8,10,13,16H,2-4H2,1H3. The first-order valence-electron chi connectivity index (χ1n) is 6.03. The highest BCUT2D eigenvalue weighted by Crippen LogP contribution is 2.49. The van der Waals surface area contributed by atoms with Gasteiger partial charge in [-0.2, -0.15) is 0 Å². The third kappa shape index (κ3) is 1.83. The second-order valence-electron chi connectivity index (χ2n) is 4.81. The van der Waals surface area contributed by atoms with E-state index < -0.39 is 0 Å². The Morgan fingerprint density at radius 3 is 2.88 bits per heavy atom. The summed E-state index contributed by atoms with van der Waals surface area (Å²) < 4.78 is 6.04. The van der Waals surface area contributed by atoms with E-state index in [1.807, 2.05) is 19.2 Å². The van der Waals surface area contributed by atoms with Crippen LogP contribution in [0.1, 0.15) is 30.7 Å². The molecule has 17 heavy (non-hydrogen) atoms. The molecule has 1 heterocycles. The van der Waals surface area contributed by atoms with E-state index in [1.54, 1.807) is 0 Å². The van der Waals surface area contributed by atoms with E-state index in [0.29, 0.717) is 17.0 Å². The molecule has 4 heteroatoms. The molecule has 3 rings (SSSR count). The summed E-state index contributed by atoms with van der Waals surface area (Å²) in [6.07, 6.45) is 3.74. The van der Waals surface area contributed by atoms with E-state index in [4.69, 9.17) is 27.9 Å². The van der Waals surface area contributed by atoms with Gasteiger partial charge in [-0.05, 0) is 32.0 Å². The molecule has 2 aliphatic rings. The van der Waals surface area contributed by atoms with Gasteiger partial charge in [-0.1, -0.05) is 29.6 Å². The van der Waals surface area contributed by atoms with E-state index in [-0.39, 0.29) is 6.10 Å². The molecule has 1 aromatic carbocycles. The van der Waals surface area contributed by atoms with Crippen molar-refractivity contribution in [2.24, 2.45) is 0 Å². The van der Waals surface area contributed by atoms with E-state index in [0.717, 1.165) is 29.2 Å². The summed E-state index contributed by atoms with van der Waals surface area (Å²) >= 11 is 12.3. The van der Waals surface area contributed by atoms with E-state index >= 15 is 0 Å². The van der Waals surface area contributed by atoms with Gasteiger partial charge in [-0.25, -0.2) is 0 Å². The first kappa shape index (κ1) is 11.6. The van der Waals surface area contributed by atoms with Crippen LogP contribution in [0.15, 0.2) is 12.1 Å². The SMILES string of the molecule is CNC1CCCC2c3c(Cl)cc(Cl)cc3OC12. The Balaban J connectivity index is 2.02. The minimum Gasteiger partial charge on any atom is -0.488 e. The van der Waals surface area contributed by atoms with Crippen molar-refractivity contribution in [3.05, 3.63) is 27.7 Å². The molecule has 92 valence electrons. The molecule has 1 aliphatic heterocycles. The molecule has 0 amide bonds. The summed E-state index contributed by atoms with van der Waals surface area (Å²) in [6.45, 7) is 0. The van der Waals surface area contributed by atoms with Gasteiger partial charge >= 0.3 is 0 Å². The van der Waals surface area contributed by atoms with Crippen LogP contribution in [0.5, 0.6) is 5.75 Å². The van der Waals surface area contributed by atoms with Crippen molar-refractivity contribution in [3.8, 4) is 5.75 Å². The zero-order valence-electron chi connectivity index (χ0n) is 9.67. The van der Waals surface area contributed by atoms with E-state index in [2.05, 4.69) is 5.32 Å². The summed E-state index contributed by atoms with van der Waals surface area (Å²) in [5, 5.41) is 4.74. The van der Waals surface area contributed by atoms with Crippen LogP contribution in [-0.4, -0.2) is 19.2 Å². The van der Waals surface area contributed by atoms with Gasteiger partial charge in [0, 0.05) is 27.6 Å². The van der Waals surface area contributed by atoms with Crippen LogP contribution in [-0.2, 0) is 0 Å². The van der Waals surface area contributed by atoms with Crippen molar-refractivity contribution in [2.45, 2.75) is 37.3 Å². The fraction of sp³-hybridized carbons (Fsp3) is 0.538. The molecule has 2 nitrogen and oxygen atoms in total. The number of hydrogen-bond donors (Lipinski definition) is 1. The molecule has 1 aromatic rings. The number of halogens is 2. The van der Waals surface area contributed by atoms with Crippen molar-refractivity contribution in [3.63, 3.8) is 0 Å². The zero-order chi connectivity index (χ0) is 12.0. The molecular formula is C13H15Cl2NO. The number of likely N-dealkylation sites (N-methyl/N-ethyl adjacent to an activating group) is 1. The van der Waals surface area contributed by atoms with Crippen molar-refractivity contribution < 1.29 is 4.74 Å². The Labute approximate surface area is 111 Å². The second-order valence-corrected chi connectivity index (χ2v) is 5.66. The van der Waals surface area contributed by atoms with Gasteiger partial charge in [0.2, 0.25) is 0 Å². The van der Waals surface area contributed by atoms with Crippen LogP contribution in [0.2, 0.25) is 10.0 Å². The molecule has 3 unspecified atom stereocenters. The quantitative estimate of drug-likeness (QED) is 0.843. The molecule has 1 fully saturated rings. The van der Waals surface area contributed by atoms with Crippen LogP contribution >= 0.6 is 23.2 Å². The summed E-state index contributed by atoms with van der Waals surface area (Å²) in [7, 11) is 1.99. The van der Waals surface area contributed by atoms with Gasteiger partial charge in [-0.15, -0.1) is 0 Å². The lowest BCUT2D eigenvalue weighted by Gasteiger charge is -2.32. The third-order valence-electron chi connectivity index (χ3n) is 3.88. The lowest BCUT2D eigenvalue weighted by Crippen LogP contribution is -2.44. The Bertz CT molecular complexity index is 449. The Hall–Kier alpha value is -0.440. The van der Waals surface area contributed by atoms with Crippen LogP contribution in [0.4, 0.5) is 0 Å². The molecule has 0 aromatic heterocycles. The average Bonchev–Trinajstić information content (AvgIpc) is 2.66. The highest BCUT2D eigenvalue weighted by Gasteiger charge is 2.42. The summed E-state index contributed by atoms with van der Waals surface area (Å²) in [4.78, 5) is 0. The van der Waals surface area contributed by atoms with Crippen molar-refractivity contribution in [2.75, 3.05) is 7.05 Å². The molecule has 0 saturated heterocycles. The van der Waals surface area contributed by atoms with E-state index in [9.17, 15) is 0 Å². The lowest BCUT2D eigenvalue weighted by molar-refractivity contribution is 0.125. The van der Waals surface area contributed by atoms with E-state index in [1.165, 1.54) is 6.42 Å². The minimum absolute atomic E-state index is 0.208. The Morgan fingerprint density at radius 1 is 1.29 bits per heavy atom. The minimum atomic E-state index is 0.208. The number of fused-ring (bicyclic) bond motifs is 3. The van der Waals surface area contributed by atoms with Gasteiger partial charge in [0.25, 0.3) is 0 Å².